The van der Waals surface area contributed by atoms with Crippen molar-refractivity contribution in [1.82, 2.24) is 40.3 Å². The summed E-state index contributed by atoms with van der Waals surface area (Å²) < 4.78 is 21.1. The lowest BCUT2D eigenvalue weighted by molar-refractivity contribution is -0.145. The lowest BCUT2D eigenvalue weighted by Crippen LogP contribution is -2.59. The first-order valence-electron chi connectivity index (χ1n) is 25.7. The van der Waals surface area contributed by atoms with Gasteiger partial charge in [0, 0.05) is 75.8 Å². The molecule has 75 heavy (non-hydrogen) atoms. The monoisotopic (exact) mass is 1090 g/mol. The molecule has 0 radical (unpaired) electrons. The Balaban J connectivity index is 0.796. The van der Waals surface area contributed by atoms with E-state index in [1.54, 1.807) is 55.7 Å². The number of alkyl halides is 1. The number of rotatable bonds is 19. The van der Waals surface area contributed by atoms with Crippen LogP contribution in [0.5, 0.6) is 5.75 Å². The van der Waals surface area contributed by atoms with E-state index in [4.69, 9.17) is 22.1 Å². The Kier molecular flexibility index (Phi) is 17.7. The second-order valence-corrected chi connectivity index (χ2v) is 23.8. The number of nitrogens with two attached hydrogens (primary N) is 1. The number of carbonyl (C=O) groups excluding carboxylic acids is 5. The zero-order valence-corrected chi connectivity index (χ0v) is 45.7. The fourth-order valence-corrected chi connectivity index (χ4v) is 11.4. The van der Waals surface area contributed by atoms with Crippen molar-refractivity contribution in [3.63, 3.8) is 0 Å². The highest BCUT2D eigenvalue weighted by Crippen LogP contribution is 2.41. The van der Waals surface area contributed by atoms with Crippen LogP contribution in [0.25, 0.3) is 10.4 Å². The largest absolute Gasteiger partial charge is 0.493 e. The molecule has 0 bridgehead atoms. The van der Waals surface area contributed by atoms with Crippen molar-refractivity contribution in [3.8, 4) is 16.2 Å². The molecule has 5 amide bonds. The number of aromatic nitrogens is 3. The molecule has 8 rings (SSSR count). The molecule has 6 N–H and O–H groups in total. The van der Waals surface area contributed by atoms with Gasteiger partial charge in [-0.15, -0.1) is 11.3 Å². The second kappa shape index (κ2) is 23.8. The zero-order chi connectivity index (χ0) is 53.7. The van der Waals surface area contributed by atoms with Crippen LogP contribution in [0.4, 0.5) is 15.9 Å². The Morgan fingerprint density at radius 1 is 1.01 bits per heavy atom. The molecular weight excluding hydrogens is 1020 g/mol. The highest BCUT2D eigenvalue weighted by Gasteiger charge is 2.53. The van der Waals surface area contributed by atoms with Crippen molar-refractivity contribution < 1.29 is 38.2 Å². The van der Waals surface area contributed by atoms with Gasteiger partial charge in [0.05, 0.1) is 51.9 Å². The maximum atomic E-state index is 14.7. The van der Waals surface area contributed by atoms with Gasteiger partial charge in [0.1, 0.15) is 35.1 Å². The number of hydrogen-bond acceptors (Lipinski definition) is 15. The molecule has 18 nitrogen and oxygen atoms in total. The van der Waals surface area contributed by atoms with Crippen molar-refractivity contribution in [2.24, 2.45) is 16.6 Å². The number of amides is 5. The Morgan fingerprint density at radius 3 is 2.41 bits per heavy atom. The summed E-state index contributed by atoms with van der Waals surface area (Å²) in [7, 11) is 0. The van der Waals surface area contributed by atoms with Gasteiger partial charge in [0.25, 0.3) is 5.91 Å². The molecule has 4 aromatic rings. The minimum atomic E-state index is -1.99. The lowest BCUT2D eigenvalue weighted by Gasteiger charge is -2.39. The van der Waals surface area contributed by atoms with Crippen LogP contribution in [0.3, 0.4) is 0 Å². The fraction of sp³-hybridized carbons (Fsp3) is 0.547. The molecule has 2 aromatic heterocycles. The maximum Gasteiger partial charge on any atom is 0.258 e. The highest BCUT2D eigenvalue weighted by molar-refractivity contribution is 7.99. The Labute approximate surface area is 451 Å². The first kappa shape index (κ1) is 55.8. The van der Waals surface area contributed by atoms with Crippen molar-refractivity contribution in [3.05, 3.63) is 70.6 Å². The third-order valence-electron chi connectivity index (χ3n) is 14.6. The van der Waals surface area contributed by atoms with Gasteiger partial charge in [-0.3, -0.25) is 28.9 Å². The molecule has 3 aliphatic heterocycles. The first-order chi connectivity index (χ1) is 35.7. The predicted octanol–water partition coefficient (Wildman–Crippen LogP) is 5.83. The van der Waals surface area contributed by atoms with Crippen LogP contribution in [0.1, 0.15) is 83.9 Å². The summed E-state index contributed by atoms with van der Waals surface area (Å²) in [5.41, 5.74) is 8.03. The van der Waals surface area contributed by atoms with Gasteiger partial charge in [0.2, 0.25) is 23.6 Å². The number of β-amino-alcohol motifs (C(OH)–C–C–N with tert-alkyl or cyclic N) is 1. The molecule has 3 saturated heterocycles. The number of aryl methyl sites for hydroxylation is 1. The molecule has 404 valence electrons. The Hall–Kier alpha value is -5.45. The van der Waals surface area contributed by atoms with E-state index >= 15 is 0 Å². The number of benzene rings is 2. The number of piperazine rings is 1. The number of carbonyl (C=O) groups is 5. The maximum absolute atomic E-state index is 14.7. The SMILES string of the molecule is Cc1ncsc1-c1ccc(CNC(=O)[C@@H]2C[C@@H](O)CN2C(=O)[C@@H](NC(=O)C2(F)CC2)C(C)(C)C)c(OCCCN2CCN(C(=O)CC(=O)Nc3cccc(Sc4cnc(N5CCC(C)(CN)CC5)cn4)c3Cl)CC2)c1. The molecule has 22 heteroatoms. The van der Waals surface area contributed by atoms with Crippen molar-refractivity contribution >= 4 is 75.7 Å². The van der Waals surface area contributed by atoms with Gasteiger partial charge in [-0.1, -0.05) is 69.3 Å². The van der Waals surface area contributed by atoms with E-state index < -0.39 is 52.9 Å². The first-order valence-corrected chi connectivity index (χ1v) is 27.8. The van der Waals surface area contributed by atoms with Crippen molar-refractivity contribution in [2.75, 3.05) is 75.7 Å². The van der Waals surface area contributed by atoms with Crippen LogP contribution >= 0.6 is 34.7 Å². The number of nitrogens with one attached hydrogen (secondary N) is 3. The van der Waals surface area contributed by atoms with E-state index in [1.807, 2.05) is 31.2 Å². The lowest BCUT2D eigenvalue weighted by atomic mass is 9.80. The van der Waals surface area contributed by atoms with Gasteiger partial charge in [-0.25, -0.2) is 19.3 Å². The number of aliphatic hydroxyl groups excluding tert-OH is 1. The summed E-state index contributed by atoms with van der Waals surface area (Å²) in [5, 5.41) is 20.0. The number of nitrogens with zero attached hydrogens (tertiary/aromatic N) is 7. The van der Waals surface area contributed by atoms with Crippen LogP contribution in [-0.4, -0.2) is 154 Å². The van der Waals surface area contributed by atoms with Crippen LogP contribution < -0.4 is 31.3 Å². The number of hydrogen-bond donors (Lipinski definition) is 5. The van der Waals surface area contributed by atoms with E-state index in [-0.39, 0.29) is 50.1 Å². The van der Waals surface area contributed by atoms with Crippen molar-refractivity contribution in [2.45, 2.75) is 120 Å². The van der Waals surface area contributed by atoms with Gasteiger partial charge < -0.3 is 46.2 Å². The Morgan fingerprint density at radius 2 is 1.76 bits per heavy atom. The summed E-state index contributed by atoms with van der Waals surface area (Å²) in [4.78, 5) is 89.8. The topological polar surface area (TPSA) is 229 Å². The van der Waals surface area contributed by atoms with E-state index in [0.29, 0.717) is 84.2 Å². The molecule has 0 spiro atoms. The van der Waals surface area contributed by atoms with E-state index in [9.17, 15) is 33.5 Å². The second-order valence-electron chi connectivity index (χ2n) is 21.5. The third kappa shape index (κ3) is 13.9. The minimum absolute atomic E-state index is 0.00780. The number of anilines is 2. The van der Waals surface area contributed by atoms with Crippen LogP contribution in [0, 0.1) is 17.8 Å². The third-order valence-corrected chi connectivity index (χ3v) is 17.1. The van der Waals surface area contributed by atoms with Gasteiger partial charge >= 0.3 is 0 Å². The number of aliphatic hydroxyl groups is 1. The summed E-state index contributed by atoms with van der Waals surface area (Å²) in [6.07, 6.45) is 5.08. The molecular formula is C53H69ClFN11O7S2. The standard InChI is InChI=1S/C53H69ClFN11O7S2/c1-33-46(74-32-60-33)34-10-11-35(27-59-48(70)38-25-36(67)30-66(38)49(71)47(51(2,3)4)62-50(72)53(55)12-13-53)39(24-34)73-23-7-16-63-19-21-65(22-20-63)44(69)26-42(68)61-37-8-6-9-40(45(37)54)75-43-29-57-41(28-58-43)64-17-14-52(5,31-56)15-18-64/h6,8-11,24,28-29,32,36,38,47,67H,7,12-23,25-27,30-31,56H2,1-5H3,(H,59,70)(H,61,68)(H,62,72)/t36-,38+,47-/m1/s1. The van der Waals surface area contributed by atoms with Gasteiger partial charge in [-0.05, 0) is 80.2 Å². The average molecular weight is 1090 g/mol. The van der Waals surface area contributed by atoms with E-state index in [2.05, 4.69) is 47.6 Å². The molecule has 4 aliphatic rings. The molecule has 0 unspecified atom stereocenters. The Bertz CT molecular complexity index is 2710. The molecule has 5 heterocycles. The average Bonchev–Trinajstić information content (AvgIpc) is 3.80. The van der Waals surface area contributed by atoms with Crippen molar-refractivity contribution in [1.29, 1.82) is 0 Å². The normalized spacial score (nSPS) is 19.8. The number of thiazole rings is 1. The summed E-state index contributed by atoms with van der Waals surface area (Å²) in [6.45, 7) is 15.1. The van der Waals surface area contributed by atoms with Crippen LogP contribution in [0.15, 0.2) is 64.2 Å². The summed E-state index contributed by atoms with van der Waals surface area (Å²) in [5.74, 6) is -1.21. The number of ether oxygens (including phenoxy) is 1. The number of piperidine rings is 1. The summed E-state index contributed by atoms with van der Waals surface area (Å²) in [6, 6.07) is 8.97. The van der Waals surface area contributed by atoms with Gasteiger partial charge in [0.15, 0.2) is 5.67 Å². The van der Waals surface area contributed by atoms with E-state index in [0.717, 1.165) is 47.9 Å². The highest BCUT2D eigenvalue weighted by atomic mass is 35.5. The molecule has 3 atom stereocenters. The predicted molar refractivity (Wildman–Crippen MR) is 287 cm³/mol. The van der Waals surface area contributed by atoms with Crippen LogP contribution in [-0.2, 0) is 30.5 Å². The molecule has 1 aliphatic carbocycles. The van der Waals surface area contributed by atoms with Gasteiger partial charge in [-0.2, -0.15) is 0 Å². The molecule has 1 saturated carbocycles. The number of likely N-dealkylation sites (tertiary alicyclic amines) is 1. The number of halogens is 2. The molecule has 4 fully saturated rings. The fourth-order valence-electron chi connectivity index (χ4n) is 9.51. The summed E-state index contributed by atoms with van der Waals surface area (Å²) >= 11 is 9.62. The smallest absolute Gasteiger partial charge is 0.258 e. The van der Waals surface area contributed by atoms with Crippen LogP contribution in [0.2, 0.25) is 5.02 Å². The van der Waals surface area contributed by atoms with E-state index in [1.165, 1.54) is 28.0 Å². The molecule has 2 aromatic carbocycles. The minimum Gasteiger partial charge on any atom is -0.493 e. The zero-order valence-electron chi connectivity index (χ0n) is 43.3. The quantitative estimate of drug-likeness (QED) is 0.0550.